The molecule has 1 aliphatic heterocycles. The van der Waals surface area contributed by atoms with Crippen molar-refractivity contribution in [2.75, 3.05) is 5.01 Å². The van der Waals surface area contributed by atoms with Crippen molar-refractivity contribution >= 4 is 34.4 Å². The summed E-state index contributed by atoms with van der Waals surface area (Å²) in [7, 11) is 0. The average molecular weight is 385 g/mol. The van der Waals surface area contributed by atoms with E-state index < -0.39 is 0 Å². The number of aromatic nitrogens is 2. The number of aryl methyl sites for hydroxylation is 1. The molecule has 1 aromatic carbocycles. The molecule has 0 N–H and O–H groups in total. The second kappa shape index (κ2) is 6.96. The van der Waals surface area contributed by atoms with Crippen molar-refractivity contribution in [2.24, 2.45) is 5.10 Å². The molecule has 0 fully saturated rings. The minimum absolute atomic E-state index is 0.0575. The summed E-state index contributed by atoms with van der Waals surface area (Å²) in [5, 5.41) is 7.11. The van der Waals surface area contributed by atoms with E-state index in [0.717, 1.165) is 5.56 Å². The van der Waals surface area contributed by atoms with Crippen molar-refractivity contribution < 1.29 is 9.59 Å². The maximum absolute atomic E-state index is 12.2. The molecule has 1 aliphatic rings. The van der Waals surface area contributed by atoms with Crippen molar-refractivity contribution in [3.8, 4) is 0 Å². The predicted octanol–water partition coefficient (Wildman–Crippen LogP) is 4.22. The van der Waals surface area contributed by atoms with Crippen LogP contribution < -0.4 is 5.01 Å². The van der Waals surface area contributed by atoms with E-state index in [1.807, 2.05) is 19.1 Å². The summed E-state index contributed by atoms with van der Waals surface area (Å²) in [6.45, 7) is 11.4. The molecule has 0 radical (unpaired) electrons. The Balaban J connectivity index is 2.08. The number of rotatable bonds is 2. The van der Waals surface area contributed by atoms with Gasteiger partial charge in [-0.15, -0.1) is 0 Å². The lowest BCUT2D eigenvalue weighted by atomic mass is 9.87. The summed E-state index contributed by atoms with van der Waals surface area (Å²) in [5.74, 6) is 0.692. The van der Waals surface area contributed by atoms with Gasteiger partial charge in [-0.05, 0) is 22.7 Å². The Kier molecular flexibility index (Phi) is 4.99. The molecule has 0 spiro atoms. The fourth-order valence-electron chi connectivity index (χ4n) is 2.93. The van der Waals surface area contributed by atoms with E-state index in [4.69, 9.17) is 0 Å². The van der Waals surface area contributed by atoms with E-state index in [9.17, 15) is 9.59 Å². The van der Waals surface area contributed by atoms with Crippen LogP contribution in [0.5, 0.6) is 0 Å². The third kappa shape index (κ3) is 3.56. The van der Waals surface area contributed by atoms with Gasteiger partial charge in [-0.25, -0.2) is 4.98 Å². The first kappa shape index (κ1) is 19.4. The highest BCUT2D eigenvalue weighted by molar-refractivity contribution is 8.14. The first-order valence-electron chi connectivity index (χ1n) is 8.94. The minimum Gasteiger partial charge on any atom is -0.274 e. The van der Waals surface area contributed by atoms with Crippen LogP contribution in [0.15, 0.2) is 34.4 Å². The number of imidazole rings is 1. The van der Waals surface area contributed by atoms with Crippen molar-refractivity contribution in [3.05, 3.63) is 41.2 Å². The largest absolute Gasteiger partial charge is 0.274 e. The van der Waals surface area contributed by atoms with Crippen LogP contribution >= 0.6 is 11.8 Å². The first-order valence-corrected chi connectivity index (χ1v) is 9.75. The second-order valence-corrected chi connectivity index (χ2v) is 8.51. The predicted molar refractivity (Wildman–Crippen MR) is 109 cm³/mol. The summed E-state index contributed by atoms with van der Waals surface area (Å²) in [6, 6.07) is 8.16. The summed E-state index contributed by atoms with van der Waals surface area (Å²) < 4.78 is 1.58. The zero-order valence-corrected chi connectivity index (χ0v) is 17.3. The number of anilines is 1. The van der Waals surface area contributed by atoms with E-state index in [0.29, 0.717) is 28.1 Å². The van der Waals surface area contributed by atoms with E-state index in [-0.39, 0.29) is 17.2 Å². The molecule has 3 rings (SSSR count). The van der Waals surface area contributed by atoms with Gasteiger partial charge in [-0.3, -0.25) is 14.2 Å². The smallest absolute Gasteiger partial charge is 0.245 e. The molecule has 0 saturated heterocycles. The van der Waals surface area contributed by atoms with Gasteiger partial charge in [0.1, 0.15) is 15.9 Å². The average Bonchev–Trinajstić information content (AvgIpc) is 2.98. The normalized spacial score (nSPS) is 14.0. The zero-order chi connectivity index (χ0) is 19.9. The quantitative estimate of drug-likeness (QED) is 0.777. The highest BCUT2D eigenvalue weighted by Crippen LogP contribution is 2.38. The van der Waals surface area contributed by atoms with Gasteiger partial charge in [0, 0.05) is 25.8 Å². The van der Waals surface area contributed by atoms with Crippen LogP contribution in [0.3, 0.4) is 0 Å². The van der Waals surface area contributed by atoms with E-state index in [1.165, 1.54) is 36.2 Å². The lowest BCUT2D eigenvalue weighted by molar-refractivity contribution is -0.116. The van der Waals surface area contributed by atoms with Gasteiger partial charge >= 0.3 is 0 Å². The molecule has 7 heteroatoms. The molecular weight excluding hydrogens is 360 g/mol. The standard InChI is InChI=1S/C20H24N4O2S/c1-7-16-21-17-19(23(16)12(2)25)27-18(22-24(17)13(3)26)14-8-10-15(11-9-14)20(4,5)6/h8-11H,7H2,1-6H3. The third-order valence-corrected chi connectivity index (χ3v) is 5.47. The SMILES string of the molecule is CCc1nc2c(n1C(C)=O)SC(c1ccc(C(C)(C)C)cc1)=NN2C(C)=O. The third-order valence-electron chi connectivity index (χ3n) is 4.40. The van der Waals surface area contributed by atoms with Gasteiger partial charge in [-0.1, -0.05) is 52.0 Å². The second-order valence-electron chi connectivity index (χ2n) is 7.53. The zero-order valence-electron chi connectivity index (χ0n) is 16.5. The lowest BCUT2D eigenvalue weighted by Crippen LogP contribution is -2.28. The van der Waals surface area contributed by atoms with Crippen LogP contribution in [0.1, 0.15) is 63.3 Å². The van der Waals surface area contributed by atoms with Crippen molar-refractivity contribution in [1.29, 1.82) is 0 Å². The van der Waals surface area contributed by atoms with Gasteiger partial charge in [0.05, 0.1) is 0 Å². The molecule has 0 saturated carbocycles. The monoisotopic (exact) mass is 384 g/mol. The van der Waals surface area contributed by atoms with E-state index >= 15 is 0 Å². The molecule has 0 aliphatic carbocycles. The van der Waals surface area contributed by atoms with Gasteiger partial charge in [-0.2, -0.15) is 10.1 Å². The number of amides is 1. The maximum Gasteiger partial charge on any atom is 0.245 e. The molecular formula is C20H24N4O2S. The number of nitrogens with zero attached hydrogens (tertiary/aromatic N) is 4. The van der Waals surface area contributed by atoms with Crippen LogP contribution in [0.4, 0.5) is 5.82 Å². The topological polar surface area (TPSA) is 67.6 Å². The molecule has 0 unspecified atom stereocenters. The van der Waals surface area contributed by atoms with Crippen molar-refractivity contribution in [1.82, 2.24) is 9.55 Å². The van der Waals surface area contributed by atoms with Gasteiger partial charge < -0.3 is 0 Å². The summed E-state index contributed by atoms with van der Waals surface area (Å²) in [6.07, 6.45) is 0.592. The molecule has 1 amide bonds. The number of thioether (sulfide) groups is 1. The fraction of sp³-hybridized carbons (Fsp3) is 0.400. The Hall–Kier alpha value is -2.41. The van der Waals surface area contributed by atoms with Gasteiger partial charge in [0.15, 0.2) is 5.82 Å². The molecule has 0 bridgehead atoms. The molecule has 0 atom stereocenters. The van der Waals surface area contributed by atoms with Crippen LogP contribution in [0.2, 0.25) is 0 Å². The molecule has 2 aromatic rings. The van der Waals surface area contributed by atoms with Crippen LogP contribution in [0.25, 0.3) is 0 Å². The number of benzene rings is 1. The van der Waals surface area contributed by atoms with Crippen LogP contribution in [-0.4, -0.2) is 26.4 Å². The Morgan fingerprint density at radius 3 is 2.19 bits per heavy atom. The Morgan fingerprint density at radius 2 is 1.70 bits per heavy atom. The number of hydrogen-bond donors (Lipinski definition) is 0. The highest BCUT2D eigenvalue weighted by atomic mass is 32.2. The Morgan fingerprint density at radius 1 is 1.07 bits per heavy atom. The Bertz CT molecular complexity index is 936. The molecule has 27 heavy (non-hydrogen) atoms. The number of hydrazone groups is 1. The first-order chi connectivity index (χ1) is 12.6. The summed E-state index contributed by atoms with van der Waals surface area (Å²) in [4.78, 5) is 28.9. The summed E-state index contributed by atoms with van der Waals surface area (Å²) in [5.41, 5.74) is 2.18. The minimum atomic E-state index is -0.240. The molecule has 1 aromatic heterocycles. The number of hydrogen-bond acceptors (Lipinski definition) is 5. The molecule has 142 valence electrons. The van der Waals surface area contributed by atoms with Crippen molar-refractivity contribution in [3.63, 3.8) is 0 Å². The van der Waals surface area contributed by atoms with Crippen molar-refractivity contribution in [2.45, 2.75) is 58.4 Å². The van der Waals surface area contributed by atoms with Gasteiger partial charge in [0.2, 0.25) is 11.8 Å². The number of carbonyl (C=O) groups excluding carboxylic acids is 2. The maximum atomic E-state index is 12.2. The lowest BCUT2D eigenvalue weighted by Gasteiger charge is -2.23. The fourth-order valence-corrected chi connectivity index (χ4v) is 4.04. The Labute approximate surface area is 163 Å². The highest BCUT2D eigenvalue weighted by Gasteiger charge is 2.31. The van der Waals surface area contributed by atoms with E-state index in [2.05, 4.69) is 43.0 Å². The number of fused-ring (bicyclic) bond motifs is 1. The van der Waals surface area contributed by atoms with Crippen LogP contribution in [-0.2, 0) is 16.6 Å². The van der Waals surface area contributed by atoms with Crippen LogP contribution in [0, 0.1) is 0 Å². The number of carbonyl (C=O) groups is 2. The molecule has 2 heterocycles. The van der Waals surface area contributed by atoms with Gasteiger partial charge in [0.25, 0.3) is 0 Å². The van der Waals surface area contributed by atoms with E-state index in [1.54, 1.807) is 4.57 Å². The molecule has 6 nitrogen and oxygen atoms in total. The summed E-state index contributed by atoms with van der Waals surface area (Å²) >= 11 is 1.37.